The van der Waals surface area contributed by atoms with Crippen LogP contribution >= 0.6 is 0 Å². The zero-order chi connectivity index (χ0) is 12.1. The number of carbonyl (C=O) groups excluding carboxylic acids is 1. The fraction of sp³-hybridized carbons (Fsp3) is 0.909. The van der Waals surface area contributed by atoms with E-state index in [9.17, 15) is 4.79 Å². The van der Waals surface area contributed by atoms with E-state index in [1.54, 1.807) is 11.9 Å². The van der Waals surface area contributed by atoms with Gasteiger partial charge in [-0.15, -0.1) is 0 Å². The molecule has 1 unspecified atom stereocenters. The average molecular weight is 216 g/mol. The van der Waals surface area contributed by atoms with Crippen LogP contribution in [0, 0.1) is 5.92 Å². The summed E-state index contributed by atoms with van der Waals surface area (Å²) in [5.41, 5.74) is -0.489. The summed E-state index contributed by atoms with van der Waals surface area (Å²) in [5.74, 6) is 0.00998. The maximum Gasteiger partial charge on any atom is 0.226 e. The lowest BCUT2D eigenvalue weighted by Crippen LogP contribution is -2.50. The topological polar surface area (TPSA) is 52.6 Å². The second-order valence-electron chi connectivity index (χ2n) is 4.58. The SMILES string of the molecule is CCNCC(C)C(=O)N(C)C(C)(C)CO. The van der Waals surface area contributed by atoms with Gasteiger partial charge in [-0.3, -0.25) is 4.79 Å². The minimum absolute atomic E-state index is 0.0246. The molecule has 0 aliphatic rings. The van der Waals surface area contributed by atoms with E-state index < -0.39 is 5.54 Å². The molecule has 0 heterocycles. The van der Waals surface area contributed by atoms with Gasteiger partial charge in [-0.25, -0.2) is 0 Å². The Morgan fingerprint density at radius 2 is 2.07 bits per heavy atom. The van der Waals surface area contributed by atoms with Crippen molar-refractivity contribution in [3.63, 3.8) is 0 Å². The quantitative estimate of drug-likeness (QED) is 0.678. The summed E-state index contributed by atoms with van der Waals surface area (Å²) in [7, 11) is 1.74. The van der Waals surface area contributed by atoms with E-state index in [-0.39, 0.29) is 18.4 Å². The van der Waals surface area contributed by atoms with Crippen LogP contribution in [0.5, 0.6) is 0 Å². The lowest BCUT2D eigenvalue weighted by Gasteiger charge is -2.35. The van der Waals surface area contributed by atoms with Gasteiger partial charge in [-0.1, -0.05) is 13.8 Å². The molecule has 15 heavy (non-hydrogen) atoms. The summed E-state index contributed by atoms with van der Waals surface area (Å²) in [6, 6.07) is 0. The number of hydrogen-bond donors (Lipinski definition) is 2. The normalized spacial score (nSPS) is 13.7. The van der Waals surface area contributed by atoms with Gasteiger partial charge in [0.15, 0.2) is 0 Å². The number of aliphatic hydroxyl groups excluding tert-OH is 1. The molecule has 2 N–H and O–H groups in total. The summed E-state index contributed by atoms with van der Waals surface area (Å²) in [4.78, 5) is 13.5. The van der Waals surface area contributed by atoms with E-state index in [0.29, 0.717) is 6.54 Å². The highest BCUT2D eigenvalue weighted by Gasteiger charge is 2.29. The van der Waals surface area contributed by atoms with Crippen LogP contribution in [0.4, 0.5) is 0 Å². The summed E-state index contributed by atoms with van der Waals surface area (Å²) >= 11 is 0. The number of amides is 1. The second kappa shape index (κ2) is 6.08. The van der Waals surface area contributed by atoms with E-state index in [1.165, 1.54) is 0 Å². The van der Waals surface area contributed by atoms with E-state index >= 15 is 0 Å². The van der Waals surface area contributed by atoms with Crippen LogP contribution in [-0.4, -0.2) is 48.2 Å². The molecule has 0 rings (SSSR count). The van der Waals surface area contributed by atoms with E-state index in [1.807, 2.05) is 27.7 Å². The third-order valence-corrected chi connectivity index (χ3v) is 2.75. The summed E-state index contributed by atoms with van der Waals surface area (Å²) < 4.78 is 0. The molecule has 0 saturated heterocycles. The second-order valence-corrected chi connectivity index (χ2v) is 4.58. The van der Waals surface area contributed by atoms with Crippen LogP contribution in [0.15, 0.2) is 0 Å². The van der Waals surface area contributed by atoms with E-state index in [2.05, 4.69) is 5.32 Å². The van der Waals surface area contributed by atoms with Gasteiger partial charge < -0.3 is 15.3 Å². The van der Waals surface area contributed by atoms with Gasteiger partial charge >= 0.3 is 0 Å². The lowest BCUT2D eigenvalue weighted by atomic mass is 10.0. The van der Waals surface area contributed by atoms with Crippen LogP contribution < -0.4 is 5.32 Å². The first kappa shape index (κ1) is 14.4. The number of nitrogens with one attached hydrogen (secondary N) is 1. The molecule has 0 aliphatic heterocycles. The van der Waals surface area contributed by atoms with Crippen molar-refractivity contribution in [2.24, 2.45) is 5.92 Å². The highest BCUT2D eigenvalue weighted by molar-refractivity contribution is 5.79. The van der Waals surface area contributed by atoms with Gasteiger partial charge in [0.05, 0.1) is 12.1 Å². The minimum atomic E-state index is -0.489. The summed E-state index contributed by atoms with van der Waals surface area (Å²) in [6.07, 6.45) is 0. The molecule has 4 nitrogen and oxygen atoms in total. The zero-order valence-electron chi connectivity index (χ0n) is 10.5. The molecule has 1 amide bonds. The number of aliphatic hydroxyl groups is 1. The average Bonchev–Trinajstić information content (AvgIpc) is 2.23. The standard InChI is InChI=1S/C11H24N2O2/c1-6-12-7-9(2)10(15)13(5)11(3,4)8-14/h9,12,14H,6-8H2,1-5H3. The van der Waals surface area contributed by atoms with Crippen LogP contribution in [0.1, 0.15) is 27.7 Å². The van der Waals surface area contributed by atoms with Crippen LogP contribution in [-0.2, 0) is 4.79 Å². The summed E-state index contributed by atoms with van der Waals surface area (Å²) in [6.45, 7) is 9.14. The van der Waals surface area contributed by atoms with Crippen molar-refractivity contribution >= 4 is 5.91 Å². The monoisotopic (exact) mass is 216 g/mol. The molecular formula is C11H24N2O2. The van der Waals surface area contributed by atoms with Crippen molar-refractivity contribution in [1.82, 2.24) is 10.2 Å². The number of rotatable bonds is 6. The van der Waals surface area contributed by atoms with Gasteiger partial charge in [0, 0.05) is 19.5 Å². The fourth-order valence-electron chi connectivity index (χ4n) is 1.18. The highest BCUT2D eigenvalue weighted by atomic mass is 16.3. The first-order valence-electron chi connectivity index (χ1n) is 5.46. The zero-order valence-corrected chi connectivity index (χ0v) is 10.5. The molecule has 90 valence electrons. The number of hydrogen-bond acceptors (Lipinski definition) is 3. The smallest absolute Gasteiger partial charge is 0.226 e. The first-order valence-corrected chi connectivity index (χ1v) is 5.46. The molecule has 1 atom stereocenters. The molecule has 4 heteroatoms. The van der Waals surface area contributed by atoms with Crippen molar-refractivity contribution in [2.75, 3.05) is 26.7 Å². The molecule has 0 aromatic rings. The predicted molar refractivity (Wildman–Crippen MR) is 61.6 cm³/mol. The Bertz CT molecular complexity index is 205. The van der Waals surface area contributed by atoms with E-state index in [0.717, 1.165) is 6.54 Å². The van der Waals surface area contributed by atoms with E-state index in [4.69, 9.17) is 5.11 Å². The van der Waals surface area contributed by atoms with Crippen molar-refractivity contribution in [1.29, 1.82) is 0 Å². The highest BCUT2D eigenvalue weighted by Crippen LogP contribution is 2.14. The van der Waals surface area contributed by atoms with Crippen LogP contribution in [0.3, 0.4) is 0 Å². The van der Waals surface area contributed by atoms with Gasteiger partial charge in [0.25, 0.3) is 0 Å². The number of likely N-dealkylation sites (N-methyl/N-ethyl adjacent to an activating group) is 1. The van der Waals surface area contributed by atoms with Crippen LogP contribution in [0.25, 0.3) is 0 Å². The Labute approximate surface area is 92.7 Å². The summed E-state index contributed by atoms with van der Waals surface area (Å²) in [5, 5.41) is 12.3. The lowest BCUT2D eigenvalue weighted by molar-refractivity contribution is -0.139. The largest absolute Gasteiger partial charge is 0.394 e. The van der Waals surface area contributed by atoms with Crippen molar-refractivity contribution in [3.8, 4) is 0 Å². The van der Waals surface area contributed by atoms with Gasteiger partial charge in [-0.05, 0) is 20.4 Å². The van der Waals surface area contributed by atoms with Crippen LogP contribution in [0.2, 0.25) is 0 Å². The minimum Gasteiger partial charge on any atom is -0.394 e. The fourth-order valence-corrected chi connectivity index (χ4v) is 1.18. The van der Waals surface area contributed by atoms with Gasteiger partial charge in [-0.2, -0.15) is 0 Å². The molecule has 0 aromatic carbocycles. The van der Waals surface area contributed by atoms with Crippen molar-refractivity contribution < 1.29 is 9.90 Å². The number of carbonyl (C=O) groups is 1. The molecule has 0 fully saturated rings. The predicted octanol–water partition coefficient (Wildman–Crippen LogP) is 0.461. The Morgan fingerprint density at radius 3 is 2.47 bits per heavy atom. The molecule has 0 aromatic heterocycles. The molecule has 0 spiro atoms. The Kier molecular flexibility index (Phi) is 5.83. The van der Waals surface area contributed by atoms with Crippen molar-refractivity contribution in [2.45, 2.75) is 33.2 Å². The molecule has 0 saturated carbocycles. The Balaban J connectivity index is 4.31. The molecular weight excluding hydrogens is 192 g/mol. The van der Waals surface area contributed by atoms with Gasteiger partial charge in [0.1, 0.15) is 0 Å². The third kappa shape index (κ3) is 4.18. The first-order chi connectivity index (χ1) is 6.86. The number of nitrogens with zero attached hydrogens (tertiary/aromatic N) is 1. The third-order valence-electron chi connectivity index (χ3n) is 2.75. The maximum atomic E-state index is 11.9. The Morgan fingerprint density at radius 1 is 1.53 bits per heavy atom. The van der Waals surface area contributed by atoms with Gasteiger partial charge in [0.2, 0.25) is 5.91 Å². The van der Waals surface area contributed by atoms with Crippen molar-refractivity contribution in [3.05, 3.63) is 0 Å². The molecule has 0 radical (unpaired) electrons. The maximum absolute atomic E-state index is 11.9. The molecule has 0 bridgehead atoms. The Hall–Kier alpha value is -0.610. The molecule has 0 aliphatic carbocycles.